The van der Waals surface area contributed by atoms with Crippen LogP contribution < -0.4 is 11.3 Å². The van der Waals surface area contributed by atoms with Crippen molar-refractivity contribution in [2.75, 3.05) is 0 Å². The van der Waals surface area contributed by atoms with Crippen molar-refractivity contribution in [1.82, 2.24) is 15.2 Å². The van der Waals surface area contributed by atoms with E-state index in [1.807, 2.05) is 20.0 Å². The summed E-state index contributed by atoms with van der Waals surface area (Å²) in [7, 11) is 0. The van der Waals surface area contributed by atoms with Crippen LogP contribution >= 0.6 is 0 Å². The molecule has 1 atom stereocenters. The number of hydrazine groups is 1. The van der Waals surface area contributed by atoms with Gasteiger partial charge in [-0.2, -0.15) is 5.10 Å². The van der Waals surface area contributed by atoms with Crippen LogP contribution in [0, 0.1) is 6.92 Å². The zero-order valence-electron chi connectivity index (χ0n) is 7.82. The van der Waals surface area contributed by atoms with Crippen molar-refractivity contribution in [2.45, 2.75) is 26.3 Å². The van der Waals surface area contributed by atoms with Gasteiger partial charge in [0.25, 0.3) is 0 Å². The zero-order chi connectivity index (χ0) is 9.84. The number of carbonyl (C=O) groups excluding carboxylic acids is 1. The highest BCUT2D eigenvalue weighted by Gasteiger charge is 2.09. The lowest BCUT2D eigenvalue weighted by molar-refractivity contribution is -0.121. The molecule has 0 aliphatic heterocycles. The van der Waals surface area contributed by atoms with E-state index >= 15 is 0 Å². The van der Waals surface area contributed by atoms with Crippen molar-refractivity contribution in [3.8, 4) is 0 Å². The first-order chi connectivity index (χ1) is 6.13. The molecule has 1 amide bonds. The van der Waals surface area contributed by atoms with Gasteiger partial charge in [-0.3, -0.25) is 14.9 Å². The molecule has 1 unspecified atom stereocenters. The number of carbonyl (C=O) groups is 1. The van der Waals surface area contributed by atoms with Gasteiger partial charge < -0.3 is 0 Å². The Kier molecular flexibility index (Phi) is 3.02. The molecular formula is C8H14N4O. The summed E-state index contributed by atoms with van der Waals surface area (Å²) in [6.45, 7) is 3.88. The van der Waals surface area contributed by atoms with E-state index in [1.54, 1.807) is 10.9 Å². The highest BCUT2D eigenvalue weighted by molar-refractivity contribution is 5.75. The molecule has 0 aliphatic rings. The topological polar surface area (TPSA) is 72.9 Å². The third-order valence-electron chi connectivity index (χ3n) is 1.82. The lowest BCUT2D eigenvalue weighted by Gasteiger charge is -2.10. The Morgan fingerprint density at radius 3 is 3.00 bits per heavy atom. The quantitative estimate of drug-likeness (QED) is 0.396. The summed E-state index contributed by atoms with van der Waals surface area (Å²) >= 11 is 0. The maximum Gasteiger partial charge on any atom is 0.236 e. The molecule has 3 N–H and O–H groups in total. The zero-order valence-corrected chi connectivity index (χ0v) is 7.82. The highest BCUT2D eigenvalue weighted by Crippen LogP contribution is 2.09. The molecule has 0 bridgehead atoms. The number of aromatic nitrogens is 2. The molecule has 0 saturated carbocycles. The largest absolute Gasteiger partial charge is 0.294 e. The first kappa shape index (κ1) is 9.73. The van der Waals surface area contributed by atoms with Crippen LogP contribution in [-0.4, -0.2) is 15.7 Å². The molecule has 1 rings (SSSR count). The molecule has 0 spiro atoms. The number of hydrogen-bond donors (Lipinski definition) is 2. The van der Waals surface area contributed by atoms with Crippen molar-refractivity contribution in [3.63, 3.8) is 0 Å². The second-order valence-electron chi connectivity index (χ2n) is 3.12. The second kappa shape index (κ2) is 4.04. The van der Waals surface area contributed by atoms with Gasteiger partial charge in [-0.05, 0) is 19.4 Å². The summed E-state index contributed by atoms with van der Waals surface area (Å²) in [6.07, 6.45) is 4.00. The normalized spacial score (nSPS) is 12.5. The van der Waals surface area contributed by atoms with Crippen molar-refractivity contribution in [2.24, 2.45) is 5.84 Å². The smallest absolute Gasteiger partial charge is 0.236 e. The second-order valence-corrected chi connectivity index (χ2v) is 3.12. The highest BCUT2D eigenvalue weighted by atomic mass is 16.2. The van der Waals surface area contributed by atoms with E-state index in [9.17, 15) is 4.79 Å². The monoisotopic (exact) mass is 182 g/mol. The van der Waals surface area contributed by atoms with Crippen LogP contribution in [0.2, 0.25) is 0 Å². The third-order valence-corrected chi connectivity index (χ3v) is 1.82. The van der Waals surface area contributed by atoms with Gasteiger partial charge in [0.15, 0.2) is 0 Å². The van der Waals surface area contributed by atoms with Crippen LogP contribution in [0.3, 0.4) is 0 Å². The summed E-state index contributed by atoms with van der Waals surface area (Å²) in [6, 6.07) is 0.0391. The van der Waals surface area contributed by atoms with Crippen molar-refractivity contribution < 1.29 is 4.79 Å². The first-order valence-electron chi connectivity index (χ1n) is 4.13. The van der Waals surface area contributed by atoms with Crippen molar-refractivity contribution in [3.05, 3.63) is 18.0 Å². The molecule has 0 saturated heterocycles. The lowest BCUT2D eigenvalue weighted by atomic mass is 10.2. The fourth-order valence-electron chi connectivity index (χ4n) is 1.09. The molecule has 0 aromatic carbocycles. The van der Waals surface area contributed by atoms with E-state index in [4.69, 9.17) is 5.84 Å². The summed E-state index contributed by atoms with van der Waals surface area (Å²) in [5, 5.41) is 4.10. The number of amides is 1. The predicted molar refractivity (Wildman–Crippen MR) is 48.6 cm³/mol. The van der Waals surface area contributed by atoms with Gasteiger partial charge in [0.1, 0.15) is 0 Å². The Labute approximate surface area is 76.9 Å². The maximum atomic E-state index is 10.9. The number of nitrogens with zero attached hydrogens (tertiary/aromatic N) is 2. The minimum Gasteiger partial charge on any atom is -0.294 e. The molecule has 5 nitrogen and oxygen atoms in total. The number of aryl methyl sites for hydroxylation is 1. The SMILES string of the molecule is Cc1cnn(C(C)CC(=O)NN)c1. The molecule has 13 heavy (non-hydrogen) atoms. The summed E-state index contributed by atoms with van der Waals surface area (Å²) in [5.41, 5.74) is 3.18. The molecule has 0 radical (unpaired) electrons. The fraction of sp³-hybridized carbons (Fsp3) is 0.500. The predicted octanol–water partition coefficient (Wildman–Crippen LogP) is 0.133. The maximum absolute atomic E-state index is 10.9. The Hall–Kier alpha value is -1.36. The summed E-state index contributed by atoms with van der Waals surface area (Å²) in [4.78, 5) is 10.9. The van der Waals surface area contributed by atoms with E-state index < -0.39 is 0 Å². The summed E-state index contributed by atoms with van der Waals surface area (Å²) in [5.74, 6) is 4.79. The fourth-order valence-corrected chi connectivity index (χ4v) is 1.09. The van der Waals surface area contributed by atoms with Gasteiger partial charge in [0, 0.05) is 6.20 Å². The van der Waals surface area contributed by atoms with Gasteiger partial charge in [-0.1, -0.05) is 0 Å². The Bertz CT molecular complexity index is 294. The van der Waals surface area contributed by atoms with Crippen LogP contribution in [0.1, 0.15) is 24.9 Å². The van der Waals surface area contributed by atoms with E-state index in [1.165, 1.54) is 0 Å². The van der Waals surface area contributed by atoms with Crippen LogP contribution in [0.5, 0.6) is 0 Å². The van der Waals surface area contributed by atoms with E-state index in [0.717, 1.165) is 5.56 Å². The molecule has 5 heteroatoms. The van der Waals surface area contributed by atoms with Crippen LogP contribution in [0.25, 0.3) is 0 Å². The van der Waals surface area contributed by atoms with Crippen molar-refractivity contribution >= 4 is 5.91 Å². The molecule has 0 fully saturated rings. The molecule has 1 aromatic heterocycles. The lowest BCUT2D eigenvalue weighted by Crippen LogP contribution is -2.31. The number of hydrogen-bond acceptors (Lipinski definition) is 3. The Morgan fingerprint density at radius 2 is 2.54 bits per heavy atom. The Morgan fingerprint density at radius 1 is 1.85 bits per heavy atom. The van der Waals surface area contributed by atoms with Gasteiger partial charge in [-0.25, -0.2) is 5.84 Å². The number of nitrogens with two attached hydrogens (primary N) is 1. The molecule has 1 heterocycles. The molecule has 72 valence electrons. The minimum atomic E-state index is -0.180. The number of nitrogens with one attached hydrogen (secondary N) is 1. The Balaban J connectivity index is 2.58. The average molecular weight is 182 g/mol. The third kappa shape index (κ3) is 2.55. The first-order valence-corrected chi connectivity index (χ1v) is 4.13. The molecular weight excluding hydrogens is 168 g/mol. The van der Waals surface area contributed by atoms with Crippen LogP contribution in [0.4, 0.5) is 0 Å². The van der Waals surface area contributed by atoms with Gasteiger partial charge in [0.2, 0.25) is 5.91 Å². The average Bonchev–Trinajstić information content (AvgIpc) is 2.51. The number of rotatable bonds is 3. The molecule has 0 aliphatic carbocycles. The summed E-state index contributed by atoms with van der Waals surface area (Å²) < 4.78 is 1.75. The van der Waals surface area contributed by atoms with E-state index in [-0.39, 0.29) is 11.9 Å². The minimum absolute atomic E-state index is 0.0391. The van der Waals surface area contributed by atoms with Gasteiger partial charge in [0.05, 0.1) is 18.7 Å². The van der Waals surface area contributed by atoms with E-state index in [0.29, 0.717) is 6.42 Å². The van der Waals surface area contributed by atoms with Crippen LogP contribution in [0.15, 0.2) is 12.4 Å². The van der Waals surface area contributed by atoms with Gasteiger partial charge >= 0.3 is 0 Å². The molecule has 1 aromatic rings. The van der Waals surface area contributed by atoms with Gasteiger partial charge in [-0.15, -0.1) is 0 Å². The van der Waals surface area contributed by atoms with Crippen LogP contribution in [-0.2, 0) is 4.79 Å². The van der Waals surface area contributed by atoms with Crippen molar-refractivity contribution in [1.29, 1.82) is 0 Å². The van der Waals surface area contributed by atoms with E-state index in [2.05, 4.69) is 10.5 Å². The standard InChI is InChI=1S/C8H14N4O/c1-6-4-10-12(5-6)7(2)3-8(13)11-9/h4-5,7H,3,9H2,1-2H3,(H,11,13).